The summed E-state index contributed by atoms with van der Waals surface area (Å²) in [7, 11) is 1.15. The first-order valence-corrected chi connectivity index (χ1v) is 7.52. The molecule has 1 amide bonds. The molecule has 0 aliphatic rings. The number of halogens is 6. The van der Waals surface area contributed by atoms with Gasteiger partial charge in [0.25, 0.3) is 5.91 Å². The van der Waals surface area contributed by atoms with Gasteiger partial charge < -0.3 is 9.42 Å². The third-order valence-corrected chi connectivity index (χ3v) is 3.71. The van der Waals surface area contributed by atoms with Gasteiger partial charge in [0.1, 0.15) is 5.82 Å². The lowest BCUT2D eigenvalue weighted by Gasteiger charge is -2.18. The van der Waals surface area contributed by atoms with Crippen molar-refractivity contribution in [3.05, 3.63) is 65.3 Å². The normalized spacial score (nSPS) is 11.5. The molecule has 0 saturated heterocycles. The van der Waals surface area contributed by atoms with E-state index >= 15 is 0 Å². The minimum absolute atomic E-state index is 0.00919. The van der Waals surface area contributed by atoms with Gasteiger partial charge in [-0.25, -0.2) is 13.2 Å². The Labute approximate surface area is 153 Å². The van der Waals surface area contributed by atoms with E-state index in [0.29, 0.717) is 12.1 Å². The van der Waals surface area contributed by atoms with E-state index in [2.05, 4.69) is 14.7 Å². The zero-order valence-electron chi connectivity index (χ0n) is 13.9. The Hall–Kier alpha value is -3.37. The number of carbonyl (C=O) groups excluding carboxylic acids is 1. The first-order chi connectivity index (χ1) is 13.1. The van der Waals surface area contributed by atoms with Crippen LogP contribution in [0.2, 0.25) is 0 Å². The van der Waals surface area contributed by atoms with Gasteiger partial charge >= 0.3 is 12.1 Å². The molecule has 3 rings (SSSR count). The molecule has 2 aromatic carbocycles. The Balaban J connectivity index is 1.84. The zero-order valence-corrected chi connectivity index (χ0v) is 13.9. The Bertz CT molecular complexity index is 1030. The van der Waals surface area contributed by atoms with Crippen LogP contribution in [-0.4, -0.2) is 23.1 Å². The van der Waals surface area contributed by atoms with Crippen molar-refractivity contribution >= 4 is 11.6 Å². The predicted molar refractivity (Wildman–Crippen MR) is 83.8 cm³/mol. The quantitative estimate of drug-likeness (QED) is 0.481. The van der Waals surface area contributed by atoms with Crippen LogP contribution in [0.3, 0.4) is 0 Å². The summed E-state index contributed by atoms with van der Waals surface area (Å²) in [4.78, 5) is 16.4. The van der Waals surface area contributed by atoms with E-state index in [4.69, 9.17) is 0 Å². The number of benzene rings is 2. The second-order valence-corrected chi connectivity index (χ2v) is 5.58. The summed E-state index contributed by atoms with van der Waals surface area (Å²) in [6.07, 6.45) is -4.79. The van der Waals surface area contributed by atoms with Crippen molar-refractivity contribution in [2.75, 3.05) is 11.9 Å². The lowest BCUT2D eigenvalue weighted by atomic mass is 10.1. The van der Waals surface area contributed by atoms with E-state index in [1.165, 1.54) is 24.3 Å². The Morgan fingerprint density at radius 1 is 1.00 bits per heavy atom. The average molecular weight is 401 g/mol. The molecule has 0 aliphatic carbocycles. The number of hydrogen-bond donors (Lipinski definition) is 0. The molecule has 0 atom stereocenters. The Morgan fingerprint density at radius 2 is 1.61 bits per heavy atom. The molecule has 0 saturated carbocycles. The molecular formula is C17H9F6N3O2. The molecule has 146 valence electrons. The highest BCUT2D eigenvalue weighted by Gasteiger charge is 2.38. The molecule has 0 spiro atoms. The van der Waals surface area contributed by atoms with Crippen LogP contribution in [0.1, 0.15) is 16.2 Å². The maximum atomic E-state index is 13.8. The fraction of sp³-hybridized carbons (Fsp3) is 0.118. The van der Waals surface area contributed by atoms with E-state index in [9.17, 15) is 31.1 Å². The van der Waals surface area contributed by atoms with Gasteiger partial charge in [0.15, 0.2) is 11.6 Å². The number of rotatable bonds is 3. The summed E-state index contributed by atoms with van der Waals surface area (Å²) in [6, 6.07) is 5.83. The molecule has 1 aromatic heterocycles. The fourth-order valence-electron chi connectivity index (χ4n) is 2.29. The van der Waals surface area contributed by atoms with Gasteiger partial charge in [0, 0.05) is 30.3 Å². The van der Waals surface area contributed by atoms with Crippen molar-refractivity contribution in [3.8, 4) is 11.4 Å². The van der Waals surface area contributed by atoms with Crippen molar-refractivity contribution in [1.29, 1.82) is 0 Å². The van der Waals surface area contributed by atoms with Crippen molar-refractivity contribution < 1.29 is 35.7 Å². The van der Waals surface area contributed by atoms with Crippen LogP contribution in [0, 0.1) is 17.5 Å². The second-order valence-electron chi connectivity index (χ2n) is 5.58. The summed E-state index contributed by atoms with van der Waals surface area (Å²) in [5.41, 5.74) is -0.339. The third-order valence-electron chi connectivity index (χ3n) is 3.71. The zero-order chi connectivity index (χ0) is 20.6. The summed E-state index contributed by atoms with van der Waals surface area (Å²) in [6.45, 7) is 0. The highest BCUT2D eigenvalue weighted by Crippen LogP contribution is 2.29. The number of nitrogens with zero attached hydrogens (tertiary/aromatic N) is 3. The topological polar surface area (TPSA) is 59.2 Å². The van der Waals surface area contributed by atoms with E-state index < -0.39 is 41.1 Å². The van der Waals surface area contributed by atoms with Crippen LogP contribution in [0.15, 0.2) is 40.9 Å². The Kier molecular flexibility index (Phi) is 4.84. The van der Waals surface area contributed by atoms with E-state index in [0.717, 1.165) is 11.9 Å². The van der Waals surface area contributed by atoms with E-state index in [1.54, 1.807) is 0 Å². The van der Waals surface area contributed by atoms with Gasteiger partial charge in [-0.05, 0) is 12.1 Å². The third kappa shape index (κ3) is 3.68. The van der Waals surface area contributed by atoms with Crippen LogP contribution in [0.5, 0.6) is 0 Å². The average Bonchev–Trinajstić information content (AvgIpc) is 3.14. The standard InChI is InChI=1S/C17H9F6N3O2/c1-26(13-7-11(19)10(18)6-12(13)20)15(27)9-4-2-8(3-5-9)14-24-16(28-25-14)17(21,22)23/h2-7H,1H3. The van der Waals surface area contributed by atoms with Gasteiger partial charge in [-0.15, -0.1) is 0 Å². The number of carbonyl (C=O) groups is 1. The molecule has 0 unspecified atom stereocenters. The second kappa shape index (κ2) is 6.98. The minimum atomic E-state index is -4.79. The summed E-state index contributed by atoms with van der Waals surface area (Å²) >= 11 is 0. The first kappa shape index (κ1) is 19.4. The number of amides is 1. The minimum Gasteiger partial charge on any atom is -0.329 e. The maximum Gasteiger partial charge on any atom is 0.471 e. The van der Waals surface area contributed by atoms with Crippen LogP contribution >= 0.6 is 0 Å². The molecule has 28 heavy (non-hydrogen) atoms. The van der Waals surface area contributed by atoms with Gasteiger partial charge in [-0.2, -0.15) is 18.2 Å². The Morgan fingerprint density at radius 3 is 2.18 bits per heavy atom. The smallest absolute Gasteiger partial charge is 0.329 e. The monoisotopic (exact) mass is 401 g/mol. The number of aromatic nitrogens is 2. The molecule has 0 bridgehead atoms. The number of anilines is 1. The van der Waals surface area contributed by atoms with Gasteiger partial charge in [-0.3, -0.25) is 4.79 Å². The van der Waals surface area contributed by atoms with Crippen molar-refractivity contribution in [2.24, 2.45) is 0 Å². The largest absolute Gasteiger partial charge is 0.471 e. The molecule has 3 aromatic rings. The molecule has 11 heteroatoms. The van der Waals surface area contributed by atoms with E-state index in [-0.39, 0.29) is 17.0 Å². The molecule has 0 aliphatic heterocycles. The lowest BCUT2D eigenvalue weighted by Crippen LogP contribution is -2.27. The van der Waals surface area contributed by atoms with Crippen molar-refractivity contribution in [3.63, 3.8) is 0 Å². The molecule has 0 fully saturated rings. The highest BCUT2D eigenvalue weighted by molar-refractivity contribution is 6.06. The number of hydrogen-bond acceptors (Lipinski definition) is 4. The van der Waals surface area contributed by atoms with Gasteiger partial charge in [-0.1, -0.05) is 17.3 Å². The molecular weight excluding hydrogens is 392 g/mol. The fourth-order valence-corrected chi connectivity index (χ4v) is 2.29. The summed E-state index contributed by atoms with van der Waals surface area (Å²) in [5.74, 6) is -6.49. The van der Waals surface area contributed by atoms with E-state index in [1.807, 2.05) is 0 Å². The predicted octanol–water partition coefficient (Wildman–Crippen LogP) is 4.45. The molecule has 0 N–H and O–H groups in total. The molecule has 5 nitrogen and oxygen atoms in total. The van der Waals surface area contributed by atoms with Crippen LogP contribution in [0.4, 0.5) is 32.0 Å². The first-order valence-electron chi connectivity index (χ1n) is 7.52. The maximum absolute atomic E-state index is 13.8. The van der Waals surface area contributed by atoms with Gasteiger partial charge in [0.05, 0.1) is 5.69 Å². The van der Waals surface area contributed by atoms with Crippen LogP contribution < -0.4 is 4.90 Å². The van der Waals surface area contributed by atoms with Gasteiger partial charge in [0.2, 0.25) is 5.82 Å². The number of alkyl halides is 3. The molecule has 1 heterocycles. The summed E-state index contributed by atoms with van der Waals surface area (Å²) < 4.78 is 81.8. The highest BCUT2D eigenvalue weighted by atomic mass is 19.4. The summed E-state index contributed by atoms with van der Waals surface area (Å²) in [5, 5.41) is 3.21. The van der Waals surface area contributed by atoms with Crippen LogP contribution in [0.25, 0.3) is 11.4 Å². The van der Waals surface area contributed by atoms with Crippen LogP contribution in [-0.2, 0) is 6.18 Å². The lowest BCUT2D eigenvalue weighted by molar-refractivity contribution is -0.159. The van der Waals surface area contributed by atoms with Crippen molar-refractivity contribution in [2.45, 2.75) is 6.18 Å². The van der Waals surface area contributed by atoms with Crippen molar-refractivity contribution in [1.82, 2.24) is 10.1 Å². The molecule has 0 radical (unpaired) electrons. The SMILES string of the molecule is CN(C(=O)c1ccc(-c2noc(C(F)(F)F)n2)cc1)c1cc(F)c(F)cc1F.